The Hall–Kier alpha value is -1.19. The maximum absolute atomic E-state index is 5.84. The summed E-state index contributed by atoms with van der Waals surface area (Å²) in [5, 5.41) is 10.3. The van der Waals surface area contributed by atoms with E-state index in [4.69, 9.17) is 5.73 Å². The molecule has 4 N–H and O–H groups in total. The summed E-state index contributed by atoms with van der Waals surface area (Å²) in [7, 11) is 0. The van der Waals surface area contributed by atoms with Gasteiger partial charge in [-0.15, -0.1) is 0 Å². The smallest absolute Gasteiger partial charge is 0.142 e. The summed E-state index contributed by atoms with van der Waals surface area (Å²) < 4.78 is 0. The monoisotopic (exact) mass is 246 g/mol. The Labute approximate surface area is 108 Å². The normalized spacial score (nSPS) is 41.2. The zero-order valence-corrected chi connectivity index (χ0v) is 10.8. The first-order valence-corrected chi connectivity index (χ1v) is 7.25. The molecule has 0 radical (unpaired) electrons. The van der Waals surface area contributed by atoms with Crippen molar-refractivity contribution in [2.24, 2.45) is 23.2 Å². The minimum absolute atomic E-state index is 0.554. The minimum Gasteiger partial charge on any atom is -0.382 e. The van der Waals surface area contributed by atoms with E-state index in [9.17, 15) is 0 Å². The Kier molecular flexibility index (Phi) is 2.17. The second-order valence-electron chi connectivity index (χ2n) is 6.97. The number of anilines is 2. The lowest BCUT2D eigenvalue weighted by Crippen LogP contribution is -2.49. The van der Waals surface area contributed by atoms with Crippen LogP contribution < -0.4 is 11.1 Å². The zero-order chi connectivity index (χ0) is 12.2. The summed E-state index contributed by atoms with van der Waals surface area (Å²) in [6.07, 6.45) is 10.6. The van der Waals surface area contributed by atoms with Crippen LogP contribution in [0, 0.1) is 23.2 Å². The molecule has 5 rings (SSSR count). The van der Waals surface area contributed by atoms with E-state index in [1.54, 1.807) is 6.20 Å². The molecule has 0 spiro atoms. The molecule has 0 aromatic carbocycles. The van der Waals surface area contributed by atoms with E-state index in [2.05, 4.69) is 15.5 Å². The van der Waals surface area contributed by atoms with E-state index >= 15 is 0 Å². The zero-order valence-electron chi connectivity index (χ0n) is 10.8. The van der Waals surface area contributed by atoms with Crippen molar-refractivity contribution < 1.29 is 0 Å². The molecule has 1 aromatic rings. The number of rotatable bonds is 3. The van der Waals surface area contributed by atoms with Crippen LogP contribution in [-0.2, 0) is 0 Å². The first-order chi connectivity index (χ1) is 8.72. The number of nitrogen functional groups attached to an aromatic ring is 1. The highest BCUT2D eigenvalue weighted by atomic mass is 15.2. The molecule has 0 unspecified atom stereocenters. The molecule has 1 aromatic heterocycles. The van der Waals surface area contributed by atoms with Gasteiger partial charge in [0, 0.05) is 6.54 Å². The fourth-order valence-electron chi connectivity index (χ4n) is 5.23. The second-order valence-corrected chi connectivity index (χ2v) is 6.97. The molecule has 0 aliphatic heterocycles. The first kappa shape index (κ1) is 10.7. The average Bonchev–Trinajstić information content (AvgIpc) is 2.70. The maximum atomic E-state index is 5.84. The lowest BCUT2D eigenvalue weighted by molar-refractivity contribution is -0.0444. The van der Waals surface area contributed by atoms with Crippen molar-refractivity contribution in [2.75, 3.05) is 17.6 Å². The van der Waals surface area contributed by atoms with Crippen LogP contribution in [0.5, 0.6) is 0 Å². The van der Waals surface area contributed by atoms with Gasteiger partial charge in [0.2, 0.25) is 0 Å². The minimum atomic E-state index is 0.554. The van der Waals surface area contributed by atoms with Crippen LogP contribution in [-0.4, -0.2) is 16.7 Å². The number of aromatic amines is 1. The summed E-state index contributed by atoms with van der Waals surface area (Å²) in [5.74, 6) is 3.71. The molecule has 0 saturated heterocycles. The predicted molar refractivity (Wildman–Crippen MR) is 72.1 cm³/mol. The molecule has 18 heavy (non-hydrogen) atoms. The summed E-state index contributed by atoms with van der Waals surface area (Å²) in [5.41, 5.74) is 7.37. The predicted octanol–water partition coefficient (Wildman–Crippen LogP) is 2.62. The maximum Gasteiger partial charge on any atom is 0.142 e. The molecule has 4 heteroatoms. The third-order valence-corrected chi connectivity index (χ3v) is 5.49. The Morgan fingerprint density at radius 2 is 1.83 bits per heavy atom. The van der Waals surface area contributed by atoms with Crippen LogP contribution in [0.3, 0.4) is 0 Å². The van der Waals surface area contributed by atoms with E-state index in [-0.39, 0.29) is 0 Å². The number of nitrogens with one attached hydrogen (secondary N) is 2. The Bertz CT molecular complexity index is 415. The first-order valence-electron chi connectivity index (χ1n) is 7.25. The SMILES string of the molecule is Nc1[nH]ncc1NCC12CC3CC(CC(C3)C1)C2. The fraction of sp³-hybridized carbons (Fsp3) is 0.786. The quantitative estimate of drug-likeness (QED) is 0.768. The van der Waals surface area contributed by atoms with Crippen molar-refractivity contribution in [1.82, 2.24) is 10.2 Å². The lowest BCUT2D eigenvalue weighted by atomic mass is 9.49. The van der Waals surface area contributed by atoms with E-state index in [1.165, 1.54) is 38.5 Å². The van der Waals surface area contributed by atoms with Crippen molar-refractivity contribution in [3.05, 3.63) is 6.20 Å². The van der Waals surface area contributed by atoms with Gasteiger partial charge >= 0.3 is 0 Å². The van der Waals surface area contributed by atoms with Gasteiger partial charge in [-0.25, -0.2) is 0 Å². The van der Waals surface area contributed by atoms with Crippen LogP contribution >= 0.6 is 0 Å². The lowest BCUT2D eigenvalue weighted by Gasteiger charge is -2.57. The van der Waals surface area contributed by atoms with Crippen molar-refractivity contribution in [3.8, 4) is 0 Å². The van der Waals surface area contributed by atoms with Gasteiger partial charge in [-0.2, -0.15) is 5.10 Å². The van der Waals surface area contributed by atoms with Gasteiger partial charge in [0.15, 0.2) is 0 Å². The molecular weight excluding hydrogens is 224 g/mol. The van der Waals surface area contributed by atoms with Gasteiger partial charge in [-0.1, -0.05) is 0 Å². The number of nitrogens with two attached hydrogens (primary N) is 1. The van der Waals surface area contributed by atoms with Crippen molar-refractivity contribution in [2.45, 2.75) is 38.5 Å². The Morgan fingerprint density at radius 1 is 1.22 bits per heavy atom. The van der Waals surface area contributed by atoms with Crippen molar-refractivity contribution in [1.29, 1.82) is 0 Å². The van der Waals surface area contributed by atoms with Gasteiger partial charge in [-0.3, -0.25) is 5.10 Å². The molecule has 1 heterocycles. The van der Waals surface area contributed by atoms with Crippen molar-refractivity contribution >= 4 is 11.5 Å². The molecule has 4 saturated carbocycles. The standard InChI is InChI=1S/C14H22N4/c15-13-12(7-17-18-13)16-8-14-4-9-1-10(5-14)3-11(2-9)6-14/h7,9-11,16H,1-6,8H2,(H3,15,17,18). The van der Waals surface area contributed by atoms with E-state index < -0.39 is 0 Å². The highest BCUT2D eigenvalue weighted by Gasteiger charge is 2.50. The molecular formula is C14H22N4. The van der Waals surface area contributed by atoms with E-state index in [1.807, 2.05) is 0 Å². The fourth-order valence-corrected chi connectivity index (χ4v) is 5.23. The van der Waals surface area contributed by atoms with Crippen molar-refractivity contribution in [3.63, 3.8) is 0 Å². The molecule has 0 atom stereocenters. The number of hydrogen-bond acceptors (Lipinski definition) is 3. The van der Waals surface area contributed by atoms with Crippen LogP contribution in [0.4, 0.5) is 11.5 Å². The number of nitrogens with zero attached hydrogens (tertiary/aromatic N) is 1. The molecule has 4 bridgehead atoms. The van der Waals surface area contributed by atoms with Gasteiger partial charge in [0.1, 0.15) is 5.82 Å². The van der Waals surface area contributed by atoms with Crippen LogP contribution in [0.15, 0.2) is 6.20 Å². The van der Waals surface area contributed by atoms with Gasteiger partial charge in [-0.05, 0) is 61.7 Å². The van der Waals surface area contributed by atoms with Crippen LogP contribution in [0.2, 0.25) is 0 Å². The molecule has 4 aliphatic rings. The topological polar surface area (TPSA) is 66.7 Å². The molecule has 0 amide bonds. The highest BCUT2D eigenvalue weighted by molar-refractivity contribution is 5.60. The number of hydrogen-bond donors (Lipinski definition) is 3. The van der Waals surface area contributed by atoms with E-state index in [0.717, 1.165) is 30.0 Å². The average molecular weight is 246 g/mol. The van der Waals surface area contributed by atoms with E-state index in [0.29, 0.717) is 11.2 Å². The molecule has 98 valence electrons. The molecule has 4 fully saturated rings. The number of H-pyrrole nitrogens is 1. The van der Waals surface area contributed by atoms with Crippen LogP contribution in [0.25, 0.3) is 0 Å². The Balaban J connectivity index is 1.49. The third-order valence-electron chi connectivity index (χ3n) is 5.49. The Morgan fingerprint density at radius 3 is 2.33 bits per heavy atom. The molecule has 4 nitrogen and oxygen atoms in total. The summed E-state index contributed by atoms with van der Waals surface area (Å²) in [6, 6.07) is 0. The molecule has 4 aliphatic carbocycles. The van der Waals surface area contributed by atoms with Gasteiger partial charge < -0.3 is 11.1 Å². The van der Waals surface area contributed by atoms with Gasteiger partial charge in [0.25, 0.3) is 0 Å². The second kappa shape index (κ2) is 3.65. The van der Waals surface area contributed by atoms with Gasteiger partial charge in [0.05, 0.1) is 11.9 Å². The number of aromatic nitrogens is 2. The van der Waals surface area contributed by atoms with Crippen LogP contribution in [0.1, 0.15) is 38.5 Å². The summed E-state index contributed by atoms with van der Waals surface area (Å²) >= 11 is 0. The summed E-state index contributed by atoms with van der Waals surface area (Å²) in [4.78, 5) is 0. The largest absolute Gasteiger partial charge is 0.382 e. The summed E-state index contributed by atoms with van der Waals surface area (Å²) in [6.45, 7) is 1.08. The third kappa shape index (κ3) is 1.62. The highest BCUT2D eigenvalue weighted by Crippen LogP contribution is 2.59.